The first-order chi connectivity index (χ1) is 9.81. The first kappa shape index (κ1) is 15.9. The van der Waals surface area contributed by atoms with Crippen molar-refractivity contribution in [1.82, 2.24) is 10.0 Å². The molecule has 1 amide bonds. The number of rotatable bonds is 5. The van der Waals surface area contributed by atoms with Crippen molar-refractivity contribution in [2.45, 2.75) is 37.1 Å². The van der Waals surface area contributed by atoms with E-state index >= 15 is 0 Å². The predicted molar refractivity (Wildman–Crippen MR) is 81.6 cm³/mol. The molecule has 1 aliphatic rings. The van der Waals surface area contributed by atoms with E-state index in [2.05, 4.69) is 15.4 Å². The second kappa shape index (κ2) is 6.13. The molecule has 1 unspecified atom stereocenters. The van der Waals surface area contributed by atoms with E-state index in [4.69, 9.17) is 0 Å². The molecule has 1 aliphatic heterocycles. The van der Waals surface area contributed by atoms with Crippen LogP contribution >= 0.6 is 0 Å². The minimum absolute atomic E-state index is 0.177. The van der Waals surface area contributed by atoms with Crippen molar-refractivity contribution >= 4 is 21.6 Å². The summed E-state index contributed by atoms with van der Waals surface area (Å²) in [7, 11) is -3.53. The molecule has 116 valence electrons. The van der Waals surface area contributed by atoms with Crippen LogP contribution in [-0.4, -0.2) is 33.0 Å². The molecule has 0 radical (unpaired) electrons. The Morgan fingerprint density at radius 3 is 2.52 bits per heavy atom. The molecule has 6 nitrogen and oxygen atoms in total. The Morgan fingerprint density at radius 2 is 2.00 bits per heavy atom. The second-order valence-electron chi connectivity index (χ2n) is 5.62. The van der Waals surface area contributed by atoms with Crippen LogP contribution < -0.4 is 15.4 Å². The van der Waals surface area contributed by atoms with Gasteiger partial charge in [-0.2, -0.15) is 0 Å². The third kappa shape index (κ3) is 4.26. The van der Waals surface area contributed by atoms with Crippen LogP contribution in [-0.2, 0) is 14.8 Å². The Kier molecular flexibility index (Phi) is 4.65. The summed E-state index contributed by atoms with van der Waals surface area (Å²) in [5, 5.41) is 5.92. The molecule has 0 aliphatic carbocycles. The van der Waals surface area contributed by atoms with Crippen molar-refractivity contribution in [2.75, 3.05) is 18.4 Å². The minimum Gasteiger partial charge on any atom is -0.326 e. The highest BCUT2D eigenvalue weighted by Gasteiger charge is 2.29. The van der Waals surface area contributed by atoms with Gasteiger partial charge in [0.15, 0.2) is 0 Å². The van der Waals surface area contributed by atoms with Crippen LogP contribution in [0.4, 0.5) is 5.69 Å². The van der Waals surface area contributed by atoms with Crippen molar-refractivity contribution in [3.8, 4) is 0 Å². The maximum Gasteiger partial charge on any atom is 0.240 e. The number of nitrogens with one attached hydrogen (secondary N) is 3. The highest BCUT2D eigenvalue weighted by molar-refractivity contribution is 7.89. The Labute approximate surface area is 125 Å². The lowest BCUT2D eigenvalue weighted by atomic mass is 10.0. The van der Waals surface area contributed by atoms with E-state index in [0.717, 1.165) is 19.4 Å². The maximum absolute atomic E-state index is 12.2. The number of hydrogen-bond donors (Lipinski definition) is 3. The highest BCUT2D eigenvalue weighted by Crippen LogP contribution is 2.19. The van der Waals surface area contributed by atoms with Crippen molar-refractivity contribution < 1.29 is 13.2 Å². The third-order valence-electron chi connectivity index (χ3n) is 3.59. The van der Waals surface area contributed by atoms with E-state index in [-0.39, 0.29) is 16.3 Å². The molecule has 1 saturated heterocycles. The molecule has 2 rings (SSSR count). The lowest BCUT2D eigenvalue weighted by molar-refractivity contribution is -0.114. The molecule has 1 fully saturated rings. The molecule has 0 spiro atoms. The van der Waals surface area contributed by atoms with Gasteiger partial charge in [-0.3, -0.25) is 4.79 Å². The number of amides is 1. The normalized spacial score (nSPS) is 22.2. The molecule has 7 heteroatoms. The average molecular weight is 311 g/mol. The van der Waals surface area contributed by atoms with Gasteiger partial charge in [0.25, 0.3) is 0 Å². The van der Waals surface area contributed by atoms with Crippen LogP contribution in [0.15, 0.2) is 29.2 Å². The van der Waals surface area contributed by atoms with E-state index in [1.807, 2.05) is 6.92 Å². The van der Waals surface area contributed by atoms with Crippen LogP contribution in [0.25, 0.3) is 0 Å². The van der Waals surface area contributed by atoms with Gasteiger partial charge in [0, 0.05) is 24.7 Å². The van der Waals surface area contributed by atoms with Gasteiger partial charge < -0.3 is 10.6 Å². The molecule has 0 saturated carbocycles. The van der Waals surface area contributed by atoms with Crippen molar-refractivity contribution in [1.29, 1.82) is 0 Å². The number of anilines is 1. The Hall–Kier alpha value is -1.44. The Balaban J connectivity index is 2.03. The molecule has 0 bridgehead atoms. The van der Waals surface area contributed by atoms with Gasteiger partial charge in [-0.25, -0.2) is 13.1 Å². The zero-order valence-corrected chi connectivity index (χ0v) is 13.1. The fraction of sp³-hybridized carbons (Fsp3) is 0.500. The number of hydrogen-bond acceptors (Lipinski definition) is 4. The molecule has 1 aromatic rings. The summed E-state index contributed by atoms with van der Waals surface area (Å²) in [5.41, 5.74) is 0.397. The first-order valence-electron chi connectivity index (χ1n) is 6.93. The molecule has 3 N–H and O–H groups in total. The lowest BCUT2D eigenvalue weighted by Gasteiger charge is -2.24. The molecule has 1 aromatic carbocycles. The van der Waals surface area contributed by atoms with E-state index in [1.54, 1.807) is 12.1 Å². The van der Waals surface area contributed by atoms with Gasteiger partial charge in [0.05, 0.1) is 4.90 Å². The average Bonchev–Trinajstić information content (AvgIpc) is 2.84. The van der Waals surface area contributed by atoms with Crippen LogP contribution in [0.1, 0.15) is 26.7 Å². The standard InChI is InChI=1S/C14H21N3O3S/c1-11(18)17-12-4-6-13(7-5-12)21(19,20)16-10-14(2)8-3-9-15-14/h4-7,15-16H,3,8-10H2,1-2H3,(H,17,18). The van der Waals surface area contributed by atoms with Gasteiger partial charge in [-0.1, -0.05) is 0 Å². The lowest BCUT2D eigenvalue weighted by Crippen LogP contribution is -2.47. The summed E-state index contributed by atoms with van der Waals surface area (Å²) in [6.45, 7) is 4.70. The third-order valence-corrected chi connectivity index (χ3v) is 5.01. The molecule has 21 heavy (non-hydrogen) atoms. The van der Waals surface area contributed by atoms with E-state index in [1.165, 1.54) is 19.1 Å². The van der Waals surface area contributed by atoms with Crippen molar-refractivity contribution in [2.24, 2.45) is 0 Å². The highest BCUT2D eigenvalue weighted by atomic mass is 32.2. The zero-order chi connectivity index (χ0) is 15.5. The summed E-state index contributed by atoms with van der Waals surface area (Å²) in [6.07, 6.45) is 2.01. The van der Waals surface area contributed by atoms with Gasteiger partial charge in [-0.05, 0) is 50.6 Å². The van der Waals surface area contributed by atoms with Crippen LogP contribution in [0, 0.1) is 0 Å². The molecule has 0 aromatic heterocycles. The molecular weight excluding hydrogens is 290 g/mol. The molecule has 1 atom stereocenters. The molecular formula is C14H21N3O3S. The topological polar surface area (TPSA) is 87.3 Å². The summed E-state index contributed by atoms with van der Waals surface area (Å²) in [4.78, 5) is 11.1. The maximum atomic E-state index is 12.2. The molecule has 1 heterocycles. The van der Waals surface area contributed by atoms with E-state index in [9.17, 15) is 13.2 Å². The van der Waals surface area contributed by atoms with Crippen LogP contribution in [0.2, 0.25) is 0 Å². The van der Waals surface area contributed by atoms with Gasteiger partial charge in [-0.15, -0.1) is 0 Å². The number of benzene rings is 1. The van der Waals surface area contributed by atoms with Crippen molar-refractivity contribution in [3.63, 3.8) is 0 Å². The van der Waals surface area contributed by atoms with Crippen LogP contribution in [0.3, 0.4) is 0 Å². The van der Waals surface area contributed by atoms with Gasteiger partial charge in [0.2, 0.25) is 15.9 Å². The first-order valence-corrected chi connectivity index (χ1v) is 8.41. The summed E-state index contributed by atoms with van der Waals surface area (Å²) in [6, 6.07) is 6.12. The van der Waals surface area contributed by atoms with Gasteiger partial charge in [0.1, 0.15) is 0 Å². The minimum atomic E-state index is -3.53. The number of carbonyl (C=O) groups is 1. The van der Waals surface area contributed by atoms with Crippen molar-refractivity contribution in [3.05, 3.63) is 24.3 Å². The quantitative estimate of drug-likeness (QED) is 0.759. The second-order valence-corrected chi connectivity index (χ2v) is 7.39. The SMILES string of the molecule is CC(=O)Nc1ccc(S(=O)(=O)NCC2(C)CCCN2)cc1. The summed E-state index contributed by atoms with van der Waals surface area (Å²) >= 11 is 0. The fourth-order valence-corrected chi connectivity index (χ4v) is 3.54. The predicted octanol–water partition coefficient (Wildman–Crippen LogP) is 1.07. The zero-order valence-electron chi connectivity index (χ0n) is 12.3. The monoisotopic (exact) mass is 311 g/mol. The Bertz CT molecular complexity index is 605. The summed E-state index contributed by atoms with van der Waals surface area (Å²) < 4.78 is 27.1. The number of sulfonamides is 1. The fourth-order valence-electron chi connectivity index (χ4n) is 2.37. The Morgan fingerprint density at radius 1 is 1.33 bits per heavy atom. The van der Waals surface area contributed by atoms with Gasteiger partial charge >= 0.3 is 0 Å². The van der Waals surface area contributed by atoms with E-state index < -0.39 is 10.0 Å². The van der Waals surface area contributed by atoms with Crippen LogP contribution in [0.5, 0.6) is 0 Å². The largest absolute Gasteiger partial charge is 0.326 e. The number of carbonyl (C=O) groups excluding carboxylic acids is 1. The smallest absolute Gasteiger partial charge is 0.240 e. The summed E-state index contributed by atoms with van der Waals surface area (Å²) in [5.74, 6) is -0.191. The van der Waals surface area contributed by atoms with E-state index in [0.29, 0.717) is 12.2 Å².